The predicted molar refractivity (Wildman–Crippen MR) is 60.6 cm³/mol. The number of nitrogens with two attached hydrogens (primary N) is 1. The molecule has 1 aliphatic rings. The molecule has 3 heteroatoms. The standard InChI is InChI=1S/C12H23NO2/c1-12(2,13)10(11(14)15)8-9-6-4-3-5-7-9/h9-10H,3-8,13H2,1-2H3,(H,14,15). The molecule has 1 unspecified atom stereocenters. The van der Waals surface area contributed by atoms with Gasteiger partial charge < -0.3 is 10.8 Å². The summed E-state index contributed by atoms with van der Waals surface area (Å²) in [5.41, 5.74) is 5.31. The summed E-state index contributed by atoms with van der Waals surface area (Å²) < 4.78 is 0. The van der Waals surface area contributed by atoms with Gasteiger partial charge in [0.05, 0.1) is 5.92 Å². The Bertz CT molecular complexity index is 214. The predicted octanol–water partition coefficient (Wildman–Crippen LogP) is 2.39. The van der Waals surface area contributed by atoms with Crippen molar-refractivity contribution in [2.75, 3.05) is 0 Å². The largest absolute Gasteiger partial charge is 0.481 e. The average Bonchev–Trinajstić information content (AvgIpc) is 2.13. The van der Waals surface area contributed by atoms with Crippen molar-refractivity contribution < 1.29 is 9.90 Å². The molecule has 0 saturated heterocycles. The molecule has 1 saturated carbocycles. The summed E-state index contributed by atoms with van der Waals surface area (Å²) in [6, 6.07) is 0. The van der Waals surface area contributed by atoms with E-state index in [1.165, 1.54) is 32.1 Å². The van der Waals surface area contributed by atoms with Crippen molar-refractivity contribution >= 4 is 5.97 Å². The third kappa shape index (κ3) is 3.82. The van der Waals surface area contributed by atoms with Gasteiger partial charge in [0.25, 0.3) is 0 Å². The fraction of sp³-hybridized carbons (Fsp3) is 0.917. The van der Waals surface area contributed by atoms with Crippen LogP contribution in [0.15, 0.2) is 0 Å². The first-order valence-electron chi connectivity index (χ1n) is 5.93. The van der Waals surface area contributed by atoms with E-state index < -0.39 is 17.4 Å². The van der Waals surface area contributed by atoms with Crippen LogP contribution in [0, 0.1) is 11.8 Å². The van der Waals surface area contributed by atoms with Crippen molar-refractivity contribution in [2.45, 2.75) is 57.9 Å². The molecule has 15 heavy (non-hydrogen) atoms. The summed E-state index contributed by atoms with van der Waals surface area (Å²) in [6.45, 7) is 3.63. The molecule has 0 aromatic heterocycles. The first kappa shape index (κ1) is 12.5. The topological polar surface area (TPSA) is 63.3 Å². The van der Waals surface area contributed by atoms with E-state index in [0.29, 0.717) is 5.92 Å². The lowest BCUT2D eigenvalue weighted by Gasteiger charge is -2.31. The normalized spacial score (nSPS) is 21.3. The molecule has 1 fully saturated rings. The zero-order valence-electron chi connectivity index (χ0n) is 9.83. The van der Waals surface area contributed by atoms with Gasteiger partial charge in [-0.3, -0.25) is 4.79 Å². The average molecular weight is 213 g/mol. The van der Waals surface area contributed by atoms with E-state index in [-0.39, 0.29) is 0 Å². The van der Waals surface area contributed by atoms with Crippen molar-refractivity contribution in [1.29, 1.82) is 0 Å². The highest BCUT2D eigenvalue weighted by Crippen LogP contribution is 2.32. The van der Waals surface area contributed by atoms with E-state index in [1.54, 1.807) is 0 Å². The van der Waals surface area contributed by atoms with Crippen LogP contribution in [0.5, 0.6) is 0 Å². The number of carbonyl (C=O) groups is 1. The Labute approximate surface area is 92.0 Å². The minimum atomic E-state index is -0.743. The Hall–Kier alpha value is -0.570. The van der Waals surface area contributed by atoms with Gasteiger partial charge in [0.2, 0.25) is 0 Å². The SMILES string of the molecule is CC(C)(N)C(CC1CCCCC1)C(=O)O. The zero-order chi connectivity index (χ0) is 11.5. The zero-order valence-corrected chi connectivity index (χ0v) is 9.83. The van der Waals surface area contributed by atoms with Gasteiger partial charge in [-0.25, -0.2) is 0 Å². The molecule has 3 nitrogen and oxygen atoms in total. The minimum absolute atomic E-state index is 0.402. The third-order valence-electron chi connectivity index (χ3n) is 3.49. The highest BCUT2D eigenvalue weighted by atomic mass is 16.4. The first-order chi connectivity index (χ1) is 6.91. The van der Waals surface area contributed by atoms with Crippen molar-refractivity contribution in [2.24, 2.45) is 17.6 Å². The van der Waals surface area contributed by atoms with Gasteiger partial charge in [0.15, 0.2) is 0 Å². The quantitative estimate of drug-likeness (QED) is 0.753. The molecule has 0 amide bonds. The lowest BCUT2D eigenvalue weighted by atomic mass is 9.76. The monoisotopic (exact) mass is 213 g/mol. The van der Waals surface area contributed by atoms with E-state index in [0.717, 1.165) is 6.42 Å². The van der Waals surface area contributed by atoms with E-state index in [4.69, 9.17) is 10.8 Å². The Kier molecular flexibility index (Phi) is 4.14. The molecule has 1 atom stereocenters. The van der Waals surface area contributed by atoms with Gasteiger partial charge in [-0.05, 0) is 26.2 Å². The molecular weight excluding hydrogens is 190 g/mol. The number of carboxylic acid groups (broad SMARTS) is 1. The van der Waals surface area contributed by atoms with Crippen LogP contribution in [0.25, 0.3) is 0 Å². The summed E-state index contributed by atoms with van der Waals surface area (Å²) in [4.78, 5) is 11.1. The highest BCUT2D eigenvalue weighted by Gasteiger charge is 2.34. The Morgan fingerprint density at radius 2 is 1.93 bits per heavy atom. The smallest absolute Gasteiger partial charge is 0.308 e. The number of hydrogen-bond donors (Lipinski definition) is 2. The Morgan fingerprint density at radius 3 is 2.33 bits per heavy atom. The summed E-state index contributed by atoms with van der Waals surface area (Å²) in [7, 11) is 0. The van der Waals surface area contributed by atoms with Crippen LogP contribution in [0.1, 0.15) is 52.4 Å². The second kappa shape index (κ2) is 4.97. The third-order valence-corrected chi connectivity index (χ3v) is 3.49. The summed E-state index contributed by atoms with van der Waals surface area (Å²) >= 11 is 0. The highest BCUT2D eigenvalue weighted by molar-refractivity contribution is 5.71. The number of hydrogen-bond acceptors (Lipinski definition) is 2. The van der Waals surface area contributed by atoms with Gasteiger partial charge in [0.1, 0.15) is 0 Å². The van der Waals surface area contributed by atoms with E-state index in [1.807, 2.05) is 13.8 Å². The summed E-state index contributed by atoms with van der Waals surface area (Å²) in [6.07, 6.45) is 6.92. The van der Waals surface area contributed by atoms with Gasteiger partial charge in [0, 0.05) is 5.54 Å². The van der Waals surface area contributed by atoms with Crippen molar-refractivity contribution in [1.82, 2.24) is 0 Å². The number of rotatable bonds is 4. The van der Waals surface area contributed by atoms with Crippen LogP contribution in [0.4, 0.5) is 0 Å². The Morgan fingerprint density at radius 1 is 1.40 bits per heavy atom. The molecule has 1 rings (SSSR count). The van der Waals surface area contributed by atoms with Crippen LogP contribution >= 0.6 is 0 Å². The van der Waals surface area contributed by atoms with Crippen LogP contribution < -0.4 is 5.73 Å². The van der Waals surface area contributed by atoms with Crippen LogP contribution in [-0.4, -0.2) is 16.6 Å². The fourth-order valence-electron chi connectivity index (χ4n) is 2.48. The molecule has 0 aromatic carbocycles. The molecule has 0 aliphatic heterocycles. The molecule has 0 heterocycles. The summed E-state index contributed by atoms with van der Waals surface area (Å²) in [5, 5.41) is 9.16. The van der Waals surface area contributed by atoms with Crippen LogP contribution in [0.2, 0.25) is 0 Å². The summed E-state index contributed by atoms with van der Waals surface area (Å²) in [5.74, 6) is -0.573. The number of aliphatic carboxylic acids is 1. The molecule has 3 N–H and O–H groups in total. The van der Waals surface area contributed by atoms with E-state index >= 15 is 0 Å². The molecule has 0 bridgehead atoms. The minimum Gasteiger partial charge on any atom is -0.481 e. The molecular formula is C12H23NO2. The van der Waals surface area contributed by atoms with Gasteiger partial charge in [-0.1, -0.05) is 32.1 Å². The van der Waals surface area contributed by atoms with Crippen LogP contribution in [-0.2, 0) is 4.79 Å². The maximum absolute atomic E-state index is 11.1. The van der Waals surface area contributed by atoms with E-state index in [2.05, 4.69) is 0 Å². The molecule has 0 spiro atoms. The molecule has 0 radical (unpaired) electrons. The molecule has 0 aromatic rings. The second-order valence-electron chi connectivity index (χ2n) is 5.45. The molecule has 1 aliphatic carbocycles. The van der Waals surface area contributed by atoms with Crippen molar-refractivity contribution in [3.8, 4) is 0 Å². The maximum Gasteiger partial charge on any atom is 0.308 e. The fourth-order valence-corrected chi connectivity index (χ4v) is 2.48. The van der Waals surface area contributed by atoms with Gasteiger partial charge in [-0.2, -0.15) is 0 Å². The molecule has 88 valence electrons. The lowest BCUT2D eigenvalue weighted by molar-refractivity contribution is -0.144. The Balaban J connectivity index is 2.54. The number of carboxylic acids is 1. The van der Waals surface area contributed by atoms with Crippen LogP contribution in [0.3, 0.4) is 0 Å². The van der Waals surface area contributed by atoms with Crippen molar-refractivity contribution in [3.05, 3.63) is 0 Å². The van der Waals surface area contributed by atoms with Gasteiger partial charge >= 0.3 is 5.97 Å². The van der Waals surface area contributed by atoms with Crippen molar-refractivity contribution in [3.63, 3.8) is 0 Å². The first-order valence-corrected chi connectivity index (χ1v) is 5.93. The second-order valence-corrected chi connectivity index (χ2v) is 5.45. The van der Waals surface area contributed by atoms with E-state index in [9.17, 15) is 4.79 Å². The lowest BCUT2D eigenvalue weighted by Crippen LogP contribution is -2.46. The van der Waals surface area contributed by atoms with Gasteiger partial charge in [-0.15, -0.1) is 0 Å². The maximum atomic E-state index is 11.1.